The van der Waals surface area contributed by atoms with Gasteiger partial charge in [0.05, 0.1) is 27.2 Å². The molecule has 0 saturated carbocycles. The first kappa shape index (κ1) is 22.8. The van der Waals surface area contributed by atoms with E-state index in [9.17, 15) is 21.6 Å². The molecule has 0 unspecified atom stereocenters. The van der Waals surface area contributed by atoms with Crippen LogP contribution in [0.2, 0.25) is 5.02 Å². The minimum Gasteiger partial charge on any atom is -0.297 e. The summed E-state index contributed by atoms with van der Waals surface area (Å²) < 4.78 is 57.8. The number of halogens is 1. The fourth-order valence-corrected chi connectivity index (χ4v) is 7.10. The topological polar surface area (TPSA) is 114 Å². The fourth-order valence-electron chi connectivity index (χ4n) is 3.01. The third kappa shape index (κ3) is 4.28. The highest BCUT2D eigenvalue weighted by Crippen LogP contribution is 2.33. The minimum absolute atomic E-state index is 0.00495. The van der Waals surface area contributed by atoms with E-state index in [1.807, 2.05) is 0 Å². The molecule has 8 nitrogen and oxygen atoms in total. The highest BCUT2D eigenvalue weighted by atomic mass is 35.5. The van der Waals surface area contributed by atoms with Gasteiger partial charge in [-0.25, -0.2) is 16.8 Å². The van der Waals surface area contributed by atoms with E-state index in [0.717, 1.165) is 22.9 Å². The van der Waals surface area contributed by atoms with Crippen molar-refractivity contribution in [1.29, 1.82) is 0 Å². The molecule has 2 aromatic carbocycles. The number of rotatable bonds is 6. The molecule has 32 heavy (non-hydrogen) atoms. The number of aromatic nitrogens is 1. The van der Waals surface area contributed by atoms with Crippen LogP contribution >= 0.6 is 34.5 Å². The summed E-state index contributed by atoms with van der Waals surface area (Å²) >= 11 is 8.16. The Bertz CT molecular complexity index is 1600. The van der Waals surface area contributed by atoms with Crippen LogP contribution in [-0.2, 0) is 27.1 Å². The molecular formula is C19H16ClN3O5S4. The van der Waals surface area contributed by atoms with Crippen molar-refractivity contribution in [1.82, 2.24) is 3.96 Å². The number of aryl methyl sites for hydroxylation is 2. The van der Waals surface area contributed by atoms with Gasteiger partial charge in [0.25, 0.3) is 24.8 Å². The predicted octanol–water partition coefficient (Wildman–Crippen LogP) is 4.22. The molecule has 4 rings (SSSR count). The van der Waals surface area contributed by atoms with Gasteiger partial charge >= 0.3 is 0 Å². The lowest BCUT2D eigenvalue weighted by molar-refractivity contribution is 0.599. The van der Waals surface area contributed by atoms with Crippen LogP contribution in [0, 0.1) is 6.92 Å². The van der Waals surface area contributed by atoms with Crippen LogP contribution in [-0.4, -0.2) is 20.8 Å². The Labute approximate surface area is 197 Å². The van der Waals surface area contributed by atoms with E-state index in [1.165, 1.54) is 30.3 Å². The van der Waals surface area contributed by atoms with E-state index in [-0.39, 0.29) is 35.6 Å². The first-order valence-corrected chi connectivity index (χ1v) is 14.0. The van der Waals surface area contributed by atoms with Gasteiger partial charge in [0.2, 0.25) is 0 Å². The SMILES string of the molecule is Cc1cc(NS(=O)(=O)c2ccc3c(c2)c(=O)sn3C)c(NS(=O)(=O)c2cccs2)cc1Cl. The first-order chi connectivity index (χ1) is 15.0. The third-order valence-electron chi connectivity index (χ3n) is 4.60. The number of anilines is 2. The molecule has 0 atom stereocenters. The monoisotopic (exact) mass is 529 g/mol. The van der Waals surface area contributed by atoms with Crippen LogP contribution in [0.25, 0.3) is 10.9 Å². The van der Waals surface area contributed by atoms with Crippen LogP contribution in [0.15, 0.2) is 61.7 Å². The van der Waals surface area contributed by atoms with Crippen molar-refractivity contribution < 1.29 is 16.8 Å². The van der Waals surface area contributed by atoms with Crippen molar-refractivity contribution in [3.05, 3.63) is 68.0 Å². The maximum absolute atomic E-state index is 13.1. The number of hydrogen-bond donors (Lipinski definition) is 2. The average Bonchev–Trinajstić information content (AvgIpc) is 3.35. The molecule has 13 heteroatoms. The lowest BCUT2D eigenvalue weighted by atomic mass is 10.2. The quantitative estimate of drug-likeness (QED) is 0.388. The summed E-state index contributed by atoms with van der Waals surface area (Å²) in [6.07, 6.45) is 0. The molecule has 0 spiro atoms. The Hall–Kier alpha value is -2.38. The van der Waals surface area contributed by atoms with Gasteiger partial charge in [-0.05, 0) is 65.8 Å². The van der Waals surface area contributed by atoms with Gasteiger partial charge < -0.3 is 0 Å². The van der Waals surface area contributed by atoms with Crippen molar-refractivity contribution in [3.63, 3.8) is 0 Å². The molecule has 4 aromatic rings. The first-order valence-electron chi connectivity index (χ1n) is 8.97. The van der Waals surface area contributed by atoms with Gasteiger partial charge in [-0.2, -0.15) is 0 Å². The van der Waals surface area contributed by atoms with E-state index in [2.05, 4.69) is 9.44 Å². The van der Waals surface area contributed by atoms with Crippen LogP contribution in [0.5, 0.6) is 0 Å². The van der Waals surface area contributed by atoms with Gasteiger partial charge in [0.1, 0.15) is 4.21 Å². The highest BCUT2D eigenvalue weighted by Gasteiger charge is 2.22. The summed E-state index contributed by atoms with van der Waals surface area (Å²) in [6, 6.07) is 10.0. The summed E-state index contributed by atoms with van der Waals surface area (Å²) in [4.78, 5) is 12.0. The Morgan fingerprint density at radius 1 is 0.969 bits per heavy atom. The number of nitrogens with zero attached hydrogens (tertiary/aromatic N) is 1. The fraction of sp³-hybridized carbons (Fsp3) is 0.105. The summed E-state index contributed by atoms with van der Waals surface area (Å²) in [7, 11) is -6.37. The molecule has 0 amide bonds. The number of hydrogen-bond acceptors (Lipinski definition) is 7. The van der Waals surface area contributed by atoms with E-state index < -0.39 is 20.0 Å². The third-order valence-corrected chi connectivity index (χ3v) is 9.99. The van der Waals surface area contributed by atoms with Gasteiger partial charge in [-0.3, -0.25) is 18.2 Å². The lowest BCUT2D eigenvalue weighted by Crippen LogP contribution is -2.17. The molecule has 2 aromatic heterocycles. The predicted molar refractivity (Wildman–Crippen MR) is 129 cm³/mol. The second-order valence-corrected chi connectivity index (χ2v) is 12.9. The average molecular weight is 530 g/mol. The van der Waals surface area contributed by atoms with Crippen LogP contribution < -0.4 is 14.2 Å². The number of nitrogens with one attached hydrogen (secondary N) is 2. The lowest BCUT2D eigenvalue weighted by Gasteiger charge is -2.16. The van der Waals surface area contributed by atoms with Gasteiger partial charge in [-0.15, -0.1) is 11.3 Å². The normalized spacial score (nSPS) is 12.2. The highest BCUT2D eigenvalue weighted by molar-refractivity contribution is 7.94. The molecule has 0 aliphatic carbocycles. The number of benzene rings is 2. The maximum atomic E-state index is 13.1. The molecule has 168 valence electrons. The van der Waals surface area contributed by atoms with Crippen molar-refractivity contribution in [2.45, 2.75) is 16.0 Å². The van der Waals surface area contributed by atoms with E-state index in [1.54, 1.807) is 35.4 Å². The molecule has 0 saturated heterocycles. The molecule has 0 fully saturated rings. The minimum atomic E-state index is -4.14. The van der Waals surface area contributed by atoms with Crippen LogP contribution in [0.1, 0.15) is 5.56 Å². The van der Waals surface area contributed by atoms with Gasteiger partial charge in [-0.1, -0.05) is 17.7 Å². The standard InChI is InChI=1S/C19H16ClN3O5S4/c1-11-8-15(16(10-14(11)20)22-32(27,28)18-4-3-7-29-18)21-31(25,26)12-5-6-17-13(9-12)19(24)30-23(17)2/h3-10,21-22H,1-2H3. The zero-order valence-electron chi connectivity index (χ0n) is 16.6. The number of sulfonamides is 2. The second-order valence-electron chi connectivity index (χ2n) is 6.85. The number of fused-ring (bicyclic) bond motifs is 1. The zero-order valence-corrected chi connectivity index (χ0v) is 20.6. The maximum Gasteiger partial charge on any atom is 0.271 e. The van der Waals surface area contributed by atoms with Crippen LogP contribution in [0.3, 0.4) is 0 Å². The van der Waals surface area contributed by atoms with Crippen molar-refractivity contribution in [3.8, 4) is 0 Å². The van der Waals surface area contributed by atoms with E-state index in [0.29, 0.717) is 11.1 Å². The summed E-state index contributed by atoms with van der Waals surface area (Å²) in [5.74, 6) is 0. The Balaban J connectivity index is 1.76. The largest absolute Gasteiger partial charge is 0.297 e. The van der Waals surface area contributed by atoms with Gasteiger partial charge in [0, 0.05) is 12.1 Å². The smallest absolute Gasteiger partial charge is 0.271 e. The second kappa shape index (κ2) is 8.19. The number of thiophene rings is 1. The molecule has 2 heterocycles. The molecule has 0 aliphatic heterocycles. The van der Waals surface area contributed by atoms with E-state index in [4.69, 9.17) is 11.6 Å². The molecular weight excluding hydrogens is 514 g/mol. The molecule has 0 radical (unpaired) electrons. The Morgan fingerprint density at radius 3 is 2.34 bits per heavy atom. The summed E-state index contributed by atoms with van der Waals surface area (Å²) in [6.45, 7) is 1.67. The Morgan fingerprint density at radius 2 is 1.66 bits per heavy atom. The van der Waals surface area contributed by atoms with Gasteiger partial charge in [0.15, 0.2) is 0 Å². The summed E-state index contributed by atoms with van der Waals surface area (Å²) in [5, 5.41) is 2.16. The molecule has 2 N–H and O–H groups in total. The molecule has 0 aliphatic rings. The van der Waals surface area contributed by atoms with Crippen molar-refractivity contribution >= 4 is 76.8 Å². The zero-order chi connectivity index (χ0) is 23.3. The van der Waals surface area contributed by atoms with E-state index >= 15 is 0 Å². The van der Waals surface area contributed by atoms with Crippen molar-refractivity contribution in [2.24, 2.45) is 7.05 Å². The Kier molecular flexibility index (Phi) is 5.84. The van der Waals surface area contributed by atoms with Crippen molar-refractivity contribution in [2.75, 3.05) is 9.44 Å². The summed E-state index contributed by atoms with van der Waals surface area (Å²) in [5.41, 5.74) is 1.15. The van der Waals surface area contributed by atoms with Crippen LogP contribution in [0.4, 0.5) is 11.4 Å². The molecule has 0 bridgehead atoms.